The fourth-order valence-corrected chi connectivity index (χ4v) is 2.88. The van der Waals surface area contributed by atoms with Crippen LogP contribution in [0.25, 0.3) is 0 Å². The van der Waals surface area contributed by atoms with Crippen molar-refractivity contribution < 1.29 is 14.6 Å². The predicted octanol–water partition coefficient (Wildman–Crippen LogP) is 2.02. The van der Waals surface area contributed by atoms with Gasteiger partial charge in [0.25, 0.3) is 0 Å². The van der Waals surface area contributed by atoms with Gasteiger partial charge < -0.3 is 14.7 Å². The number of likely N-dealkylation sites (tertiary alicyclic amines) is 1. The number of β-amino-alcohol motifs (C(OH)–C–C–N with tert-alkyl or cyclic N) is 1. The zero-order valence-corrected chi connectivity index (χ0v) is 14.5. The molecule has 23 heavy (non-hydrogen) atoms. The minimum absolute atomic E-state index is 0.0545. The lowest BCUT2D eigenvalue weighted by Gasteiger charge is -2.35. The zero-order chi connectivity index (χ0) is 16.8. The largest absolute Gasteiger partial charge is 0.492 e. The highest BCUT2D eigenvalue weighted by molar-refractivity contribution is 6.30. The van der Waals surface area contributed by atoms with Gasteiger partial charge >= 0.3 is 0 Å². The molecular weight excluding hydrogens is 316 g/mol. The molecule has 0 bridgehead atoms. The quantitative estimate of drug-likeness (QED) is 0.861. The predicted molar refractivity (Wildman–Crippen MR) is 90.9 cm³/mol. The number of hydrogen-bond acceptors (Lipinski definition) is 4. The summed E-state index contributed by atoms with van der Waals surface area (Å²) in [5.74, 6) is 0.793. The number of carbonyl (C=O) groups excluding carboxylic acids is 1. The van der Waals surface area contributed by atoms with E-state index in [9.17, 15) is 9.90 Å². The first kappa shape index (κ1) is 18.0. The average molecular weight is 341 g/mol. The maximum Gasteiger partial charge on any atom is 0.239 e. The number of aliphatic hydroxyl groups is 1. The van der Waals surface area contributed by atoms with Crippen molar-refractivity contribution in [1.82, 2.24) is 9.80 Å². The first-order valence-corrected chi connectivity index (χ1v) is 8.40. The monoisotopic (exact) mass is 340 g/mol. The second-order valence-electron chi connectivity index (χ2n) is 6.03. The van der Waals surface area contributed by atoms with Crippen LogP contribution in [0.2, 0.25) is 5.02 Å². The summed E-state index contributed by atoms with van der Waals surface area (Å²) in [6.07, 6.45) is 1.43. The van der Waals surface area contributed by atoms with E-state index in [1.165, 1.54) is 0 Å². The molecule has 0 radical (unpaired) electrons. The van der Waals surface area contributed by atoms with Crippen molar-refractivity contribution in [3.63, 3.8) is 0 Å². The molecule has 1 amide bonds. The van der Waals surface area contributed by atoms with E-state index in [4.69, 9.17) is 16.3 Å². The van der Waals surface area contributed by atoms with Gasteiger partial charge in [0.15, 0.2) is 0 Å². The molecule has 0 saturated carbocycles. The summed E-state index contributed by atoms with van der Waals surface area (Å²) in [7, 11) is 1.78. The summed E-state index contributed by atoms with van der Waals surface area (Å²) < 4.78 is 5.62. The highest BCUT2D eigenvalue weighted by Crippen LogP contribution is 2.16. The lowest BCUT2D eigenvalue weighted by Crippen LogP contribution is -2.51. The normalized spacial score (nSPS) is 20.1. The Balaban J connectivity index is 1.76. The van der Waals surface area contributed by atoms with E-state index in [2.05, 4.69) is 0 Å². The van der Waals surface area contributed by atoms with Crippen LogP contribution in [0.1, 0.15) is 19.8 Å². The molecule has 1 fully saturated rings. The molecule has 0 aliphatic carbocycles. The Morgan fingerprint density at radius 2 is 2.17 bits per heavy atom. The van der Waals surface area contributed by atoms with Gasteiger partial charge in [-0.05, 0) is 50.6 Å². The van der Waals surface area contributed by atoms with Crippen molar-refractivity contribution in [1.29, 1.82) is 0 Å². The minimum atomic E-state index is -0.322. The molecule has 1 aromatic rings. The number of ether oxygens (including phenoxy) is 1. The molecule has 0 spiro atoms. The zero-order valence-electron chi connectivity index (χ0n) is 13.7. The van der Waals surface area contributed by atoms with Gasteiger partial charge in [-0.15, -0.1) is 0 Å². The Hall–Kier alpha value is -1.30. The Kier molecular flexibility index (Phi) is 6.69. The molecule has 1 saturated heterocycles. The van der Waals surface area contributed by atoms with Gasteiger partial charge in [-0.25, -0.2) is 0 Å². The molecule has 2 unspecified atom stereocenters. The topological polar surface area (TPSA) is 53.0 Å². The van der Waals surface area contributed by atoms with E-state index in [0.717, 1.165) is 25.1 Å². The van der Waals surface area contributed by atoms with Gasteiger partial charge in [-0.2, -0.15) is 0 Å². The van der Waals surface area contributed by atoms with Crippen LogP contribution in [0.5, 0.6) is 5.75 Å². The molecule has 1 heterocycles. The average Bonchev–Trinajstić information content (AvgIpc) is 2.55. The Labute approximate surface area is 142 Å². The van der Waals surface area contributed by atoms with Crippen LogP contribution in [-0.2, 0) is 4.79 Å². The van der Waals surface area contributed by atoms with E-state index in [1.807, 2.05) is 24.0 Å². The van der Waals surface area contributed by atoms with E-state index < -0.39 is 0 Å². The fourth-order valence-electron chi connectivity index (χ4n) is 2.75. The summed E-state index contributed by atoms with van der Waals surface area (Å²) in [5, 5.41) is 10.4. The van der Waals surface area contributed by atoms with Gasteiger partial charge in [0.1, 0.15) is 12.4 Å². The van der Waals surface area contributed by atoms with Gasteiger partial charge in [0.2, 0.25) is 5.91 Å². The first-order chi connectivity index (χ1) is 11.0. The lowest BCUT2D eigenvalue weighted by molar-refractivity contribution is -0.136. The summed E-state index contributed by atoms with van der Waals surface area (Å²) in [4.78, 5) is 16.2. The molecule has 1 aliphatic rings. The Morgan fingerprint density at radius 1 is 1.48 bits per heavy atom. The van der Waals surface area contributed by atoms with Crippen LogP contribution in [0.3, 0.4) is 0 Å². The van der Waals surface area contributed by atoms with Crippen molar-refractivity contribution >= 4 is 17.5 Å². The third-order valence-electron chi connectivity index (χ3n) is 4.22. The van der Waals surface area contributed by atoms with E-state index >= 15 is 0 Å². The fraction of sp³-hybridized carbons (Fsp3) is 0.588. The standard InChI is InChI=1S/C17H25ClN2O3/c1-13(20-9-3-4-15(21)12-20)17(22)19(2)10-11-23-16-7-5-14(18)6-8-16/h5-8,13,15,21H,3-4,9-12H2,1-2H3. The lowest BCUT2D eigenvalue weighted by atomic mass is 10.1. The molecule has 0 aromatic heterocycles. The number of piperidine rings is 1. The molecular formula is C17H25ClN2O3. The molecule has 1 aromatic carbocycles. The van der Waals surface area contributed by atoms with E-state index in [1.54, 1.807) is 24.1 Å². The van der Waals surface area contributed by atoms with Crippen LogP contribution < -0.4 is 4.74 Å². The second kappa shape index (κ2) is 8.52. The number of likely N-dealkylation sites (N-methyl/N-ethyl adjacent to an activating group) is 1. The Morgan fingerprint density at radius 3 is 2.83 bits per heavy atom. The van der Waals surface area contributed by atoms with Crippen molar-refractivity contribution in [2.75, 3.05) is 33.3 Å². The maximum atomic E-state index is 12.5. The number of nitrogens with zero attached hydrogens (tertiary/aromatic N) is 2. The number of carbonyl (C=O) groups is 1. The van der Waals surface area contributed by atoms with Crippen molar-refractivity contribution in [2.45, 2.75) is 31.9 Å². The van der Waals surface area contributed by atoms with Gasteiger partial charge in [0.05, 0.1) is 18.7 Å². The minimum Gasteiger partial charge on any atom is -0.492 e. The highest BCUT2D eigenvalue weighted by Gasteiger charge is 2.28. The Bertz CT molecular complexity index is 509. The van der Waals surface area contributed by atoms with Gasteiger partial charge in [0, 0.05) is 18.6 Å². The molecule has 1 N–H and O–H groups in total. The SMILES string of the molecule is CC(C(=O)N(C)CCOc1ccc(Cl)cc1)N1CCCC(O)C1. The second-order valence-corrected chi connectivity index (χ2v) is 6.47. The molecule has 1 aliphatic heterocycles. The van der Waals surface area contributed by atoms with Crippen LogP contribution in [-0.4, -0.2) is 66.2 Å². The third-order valence-corrected chi connectivity index (χ3v) is 4.47. The molecule has 128 valence electrons. The number of amides is 1. The molecule has 2 rings (SSSR count). The molecule has 5 nitrogen and oxygen atoms in total. The van der Waals surface area contributed by atoms with Crippen molar-refractivity contribution in [3.05, 3.63) is 29.3 Å². The summed E-state index contributed by atoms with van der Waals surface area (Å²) in [6, 6.07) is 6.94. The highest BCUT2D eigenvalue weighted by atomic mass is 35.5. The number of hydrogen-bond donors (Lipinski definition) is 1. The number of halogens is 1. The third kappa shape index (κ3) is 5.37. The number of aliphatic hydroxyl groups excluding tert-OH is 1. The van der Waals surface area contributed by atoms with Gasteiger partial charge in [-0.3, -0.25) is 9.69 Å². The molecule has 6 heteroatoms. The summed E-state index contributed by atoms with van der Waals surface area (Å²) in [6.45, 7) is 4.28. The first-order valence-electron chi connectivity index (χ1n) is 8.03. The van der Waals surface area contributed by atoms with Gasteiger partial charge in [-0.1, -0.05) is 11.6 Å². The molecule has 2 atom stereocenters. The smallest absolute Gasteiger partial charge is 0.239 e. The maximum absolute atomic E-state index is 12.5. The van der Waals surface area contributed by atoms with E-state index in [-0.39, 0.29) is 18.1 Å². The van der Waals surface area contributed by atoms with Crippen LogP contribution in [0, 0.1) is 0 Å². The van der Waals surface area contributed by atoms with Crippen LogP contribution in [0.15, 0.2) is 24.3 Å². The number of benzene rings is 1. The van der Waals surface area contributed by atoms with Crippen LogP contribution >= 0.6 is 11.6 Å². The van der Waals surface area contributed by atoms with Crippen LogP contribution in [0.4, 0.5) is 0 Å². The van der Waals surface area contributed by atoms with Crippen molar-refractivity contribution in [3.8, 4) is 5.75 Å². The van der Waals surface area contributed by atoms with E-state index in [0.29, 0.717) is 24.7 Å². The summed E-state index contributed by atoms with van der Waals surface area (Å²) >= 11 is 5.83. The summed E-state index contributed by atoms with van der Waals surface area (Å²) in [5.41, 5.74) is 0. The number of rotatable bonds is 6. The van der Waals surface area contributed by atoms with Crippen molar-refractivity contribution in [2.24, 2.45) is 0 Å².